The number of methoxy groups -OCH3 is 2. The van der Waals surface area contributed by atoms with Crippen molar-refractivity contribution in [2.24, 2.45) is 0 Å². The molecule has 0 aliphatic carbocycles. The van der Waals surface area contributed by atoms with Gasteiger partial charge >= 0.3 is 5.97 Å². The number of nitrogens with zero attached hydrogens (tertiary/aromatic N) is 2. The van der Waals surface area contributed by atoms with Crippen molar-refractivity contribution < 1.29 is 14.3 Å². The van der Waals surface area contributed by atoms with Crippen molar-refractivity contribution in [3.05, 3.63) is 42.2 Å². The van der Waals surface area contributed by atoms with Crippen molar-refractivity contribution in [3.63, 3.8) is 0 Å². The second kappa shape index (κ2) is 4.69. The highest BCUT2D eigenvalue weighted by Gasteiger charge is 2.14. The smallest absolute Gasteiger partial charge is 0.339 e. The minimum atomic E-state index is -0.405. The van der Waals surface area contributed by atoms with Gasteiger partial charge in [-0.1, -0.05) is 6.07 Å². The van der Waals surface area contributed by atoms with Crippen LogP contribution in [-0.2, 0) is 4.74 Å². The molecule has 0 N–H and O–H groups in total. The van der Waals surface area contributed by atoms with Crippen molar-refractivity contribution in [2.45, 2.75) is 0 Å². The fraction of sp³-hybridized carbons (Fsp3) is 0.167. The van der Waals surface area contributed by atoms with E-state index in [1.807, 2.05) is 18.2 Å². The van der Waals surface area contributed by atoms with Gasteiger partial charge in [0.25, 0.3) is 0 Å². The van der Waals surface area contributed by atoms with E-state index in [-0.39, 0.29) is 0 Å². The van der Waals surface area contributed by atoms with Gasteiger partial charge in [0.05, 0.1) is 19.8 Å². The molecule has 17 heavy (non-hydrogen) atoms. The number of pyridine rings is 1. The van der Waals surface area contributed by atoms with Gasteiger partial charge in [-0.3, -0.25) is 4.57 Å². The minimum Gasteiger partial charge on any atom is -0.482 e. The molecule has 2 aromatic rings. The summed E-state index contributed by atoms with van der Waals surface area (Å²) in [7, 11) is 2.88. The molecule has 0 fully saturated rings. The highest BCUT2D eigenvalue weighted by atomic mass is 16.5. The molecule has 0 atom stereocenters. The van der Waals surface area contributed by atoms with Gasteiger partial charge < -0.3 is 9.47 Å². The number of hydrogen-bond donors (Lipinski definition) is 0. The molecule has 2 heterocycles. The summed E-state index contributed by atoms with van der Waals surface area (Å²) in [6.07, 6.45) is 3.31. The first kappa shape index (κ1) is 11.2. The highest BCUT2D eigenvalue weighted by molar-refractivity contribution is 5.89. The molecule has 0 unspecified atom stereocenters. The maximum atomic E-state index is 11.4. The Hall–Kier alpha value is -2.30. The first-order valence-electron chi connectivity index (χ1n) is 5.02. The third-order valence-electron chi connectivity index (χ3n) is 2.31. The number of aromatic nitrogens is 2. The maximum Gasteiger partial charge on any atom is 0.339 e. The van der Waals surface area contributed by atoms with Gasteiger partial charge in [0.1, 0.15) is 5.82 Å². The quantitative estimate of drug-likeness (QED) is 0.755. The summed E-state index contributed by atoms with van der Waals surface area (Å²) in [5, 5.41) is 0. The van der Waals surface area contributed by atoms with Gasteiger partial charge in [0.15, 0.2) is 5.88 Å². The molecule has 0 amide bonds. The molecule has 2 rings (SSSR count). The molecule has 0 radical (unpaired) electrons. The third kappa shape index (κ3) is 2.13. The van der Waals surface area contributed by atoms with Crippen LogP contribution in [0.1, 0.15) is 10.4 Å². The van der Waals surface area contributed by atoms with E-state index in [0.29, 0.717) is 17.3 Å². The average molecular weight is 232 g/mol. The van der Waals surface area contributed by atoms with E-state index >= 15 is 0 Å². The molecule has 0 saturated carbocycles. The first-order chi connectivity index (χ1) is 8.26. The lowest BCUT2D eigenvalue weighted by atomic mass is 10.3. The molecular weight excluding hydrogens is 220 g/mol. The minimum absolute atomic E-state index is 0.405. The van der Waals surface area contributed by atoms with Gasteiger partial charge in [-0.15, -0.1) is 0 Å². The van der Waals surface area contributed by atoms with E-state index in [2.05, 4.69) is 9.72 Å². The van der Waals surface area contributed by atoms with Crippen molar-refractivity contribution >= 4 is 5.97 Å². The zero-order chi connectivity index (χ0) is 12.3. The van der Waals surface area contributed by atoms with Crippen LogP contribution < -0.4 is 4.74 Å². The number of esters is 1. The molecule has 5 nitrogen and oxygen atoms in total. The van der Waals surface area contributed by atoms with E-state index in [1.165, 1.54) is 14.2 Å². The summed E-state index contributed by atoms with van der Waals surface area (Å²) in [6, 6.07) is 7.12. The third-order valence-corrected chi connectivity index (χ3v) is 2.31. The van der Waals surface area contributed by atoms with E-state index in [0.717, 1.165) is 0 Å². The highest BCUT2D eigenvalue weighted by Crippen LogP contribution is 2.21. The number of rotatable bonds is 3. The Bertz CT molecular complexity index is 520. The largest absolute Gasteiger partial charge is 0.482 e. The van der Waals surface area contributed by atoms with Gasteiger partial charge in [-0.05, 0) is 12.1 Å². The van der Waals surface area contributed by atoms with Crippen molar-refractivity contribution in [3.8, 4) is 11.7 Å². The van der Waals surface area contributed by atoms with Crippen molar-refractivity contribution in [1.29, 1.82) is 0 Å². The summed E-state index contributed by atoms with van der Waals surface area (Å²) < 4.78 is 11.5. The van der Waals surface area contributed by atoms with Gasteiger partial charge in [0, 0.05) is 18.5 Å². The molecule has 0 spiro atoms. The number of carbonyl (C=O) groups is 1. The molecular formula is C12H12N2O3. The topological polar surface area (TPSA) is 53.4 Å². The fourth-order valence-electron chi connectivity index (χ4n) is 1.50. The van der Waals surface area contributed by atoms with Crippen molar-refractivity contribution in [2.75, 3.05) is 14.2 Å². The van der Waals surface area contributed by atoms with Crippen molar-refractivity contribution in [1.82, 2.24) is 9.55 Å². The molecule has 0 aliphatic rings. The average Bonchev–Trinajstić information content (AvgIpc) is 2.83. The van der Waals surface area contributed by atoms with Crippen LogP contribution in [0.3, 0.4) is 0 Å². The number of ether oxygens (including phenoxy) is 2. The Balaban J connectivity index is 2.47. The Labute approximate surface area is 98.6 Å². The van der Waals surface area contributed by atoms with Gasteiger partial charge in [-0.25, -0.2) is 9.78 Å². The predicted octanol–water partition coefficient (Wildman–Crippen LogP) is 1.67. The summed E-state index contributed by atoms with van der Waals surface area (Å²) in [6.45, 7) is 0. The zero-order valence-electron chi connectivity index (χ0n) is 9.58. The lowest BCUT2D eigenvalue weighted by Gasteiger charge is -2.05. The number of carbonyl (C=O) groups excluding carboxylic acids is 1. The van der Waals surface area contributed by atoms with Crippen LogP contribution in [0.4, 0.5) is 0 Å². The second-order valence-electron chi connectivity index (χ2n) is 3.32. The summed E-state index contributed by atoms with van der Waals surface area (Å²) >= 11 is 0. The fourth-order valence-corrected chi connectivity index (χ4v) is 1.50. The second-order valence-corrected chi connectivity index (χ2v) is 3.32. The lowest BCUT2D eigenvalue weighted by molar-refractivity contribution is 0.0600. The SMILES string of the molecule is COC(=O)c1cc(OC)n(-c2ccccn2)c1. The van der Waals surface area contributed by atoms with Gasteiger partial charge in [0.2, 0.25) is 0 Å². The molecule has 0 aliphatic heterocycles. The van der Waals surface area contributed by atoms with Crippen LogP contribution in [-0.4, -0.2) is 29.7 Å². The molecule has 0 saturated heterocycles. The Morgan fingerprint density at radius 3 is 2.76 bits per heavy atom. The Morgan fingerprint density at radius 1 is 1.35 bits per heavy atom. The zero-order valence-corrected chi connectivity index (χ0v) is 9.58. The van der Waals surface area contributed by atoms with Crippen LogP contribution in [0.15, 0.2) is 36.7 Å². The van der Waals surface area contributed by atoms with E-state index in [4.69, 9.17) is 4.74 Å². The van der Waals surface area contributed by atoms with E-state index in [9.17, 15) is 4.79 Å². The maximum absolute atomic E-state index is 11.4. The first-order valence-corrected chi connectivity index (χ1v) is 5.02. The summed E-state index contributed by atoms with van der Waals surface area (Å²) in [5.74, 6) is 0.807. The Morgan fingerprint density at radius 2 is 2.18 bits per heavy atom. The van der Waals surface area contributed by atoms with E-state index < -0.39 is 5.97 Å². The molecule has 0 bridgehead atoms. The monoisotopic (exact) mass is 232 g/mol. The van der Waals surface area contributed by atoms with Gasteiger partial charge in [-0.2, -0.15) is 0 Å². The van der Waals surface area contributed by atoms with Crippen LogP contribution in [0.2, 0.25) is 0 Å². The molecule has 0 aromatic carbocycles. The normalized spacial score (nSPS) is 10.0. The number of hydrogen-bond acceptors (Lipinski definition) is 4. The van der Waals surface area contributed by atoms with Crippen LogP contribution >= 0.6 is 0 Å². The summed E-state index contributed by atoms with van der Waals surface area (Å²) in [5.41, 5.74) is 0.426. The van der Waals surface area contributed by atoms with Crippen LogP contribution in [0, 0.1) is 0 Å². The molecule has 88 valence electrons. The van der Waals surface area contributed by atoms with Crippen LogP contribution in [0.25, 0.3) is 5.82 Å². The standard InChI is InChI=1S/C12H12N2O3/c1-16-11-7-9(12(15)17-2)8-14(11)10-5-3-4-6-13-10/h3-8H,1-2H3. The van der Waals surface area contributed by atoms with Crippen LogP contribution in [0.5, 0.6) is 5.88 Å². The molecule has 5 heteroatoms. The predicted molar refractivity (Wildman–Crippen MR) is 61.5 cm³/mol. The Kier molecular flexibility index (Phi) is 3.09. The lowest BCUT2D eigenvalue weighted by Crippen LogP contribution is -2.00. The summed E-state index contributed by atoms with van der Waals surface area (Å²) in [4.78, 5) is 15.6. The van der Waals surface area contributed by atoms with E-state index in [1.54, 1.807) is 23.0 Å². The molecule has 2 aromatic heterocycles.